The Balaban J connectivity index is 3.35. The maximum Gasteiger partial charge on any atom is 0.411 e. The molecule has 0 radical (unpaired) electrons. The summed E-state index contributed by atoms with van der Waals surface area (Å²) >= 11 is 4.71. The molecule has 0 aromatic heterocycles. The van der Waals surface area contributed by atoms with Gasteiger partial charge in [0.15, 0.2) is 0 Å². The van der Waals surface area contributed by atoms with Crippen LogP contribution in [0.4, 0.5) is 4.79 Å². The fourth-order valence-corrected chi connectivity index (χ4v) is 0.390. The highest BCUT2D eigenvalue weighted by atomic mass is 35.5. The zero-order valence-corrected chi connectivity index (χ0v) is 6.18. The first-order valence-electron chi connectivity index (χ1n) is 2.64. The Morgan fingerprint density at radius 1 is 1.50 bits per heavy atom. The molecule has 0 spiro atoms. The molecule has 0 rings (SSSR count). The Bertz CT molecular complexity index is 134. The molecule has 0 fully saturated rings. The molecular weight excluding hydrogens is 160 g/mol. The van der Waals surface area contributed by atoms with Crippen LogP contribution in [0.3, 0.4) is 0 Å². The summed E-state index contributed by atoms with van der Waals surface area (Å²) in [5, 5.41) is 0. The third kappa shape index (κ3) is 5.53. The smallest absolute Gasteiger partial charge is 0.379 e. The van der Waals surface area contributed by atoms with E-state index < -0.39 is 11.4 Å². The average molecular weight is 167 g/mol. The topological polar surface area (TPSA) is 52.6 Å². The molecular formula is C5H7ClO4. The summed E-state index contributed by atoms with van der Waals surface area (Å²) in [6.45, 7) is 1.87. The molecule has 5 heteroatoms. The summed E-state index contributed by atoms with van der Waals surface area (Å²) in [5.41, 5.74) is -1.13. The Labute approximate surface area is 63.1 Å². The standard InChI is InChI=1S/C5H7ClO4/c1-2-9-3-4(7)10-5(6)8/h2-3H2,1H3. The maximum atomic E-state index is 10.4. The second-order valence-corrected chi connectivity index (χ2v) is 1.66. The zero-order chi connectivity index (χ0) is 7.98. The van der Waals surface area contributed by atoms with Gasteiger partial charge in [-0.3, -0.25) is 0 Å². The lowest BCUT2D eigenvalue weighted by Crippen LogP contribution is -2.13. The van der Waals surface area contributed by atoms with E-state index in [1.54, 1.807) is 6.92 Å². The van der Waals surface area contributed by atoms with Crippen LogP contribution in [0.2, 0.25) is 0 Å². The van der Waals surface area contributed by atoms with Crippen LogP contribution in [0.5, 0.6) is 0 Å². The summed E-state index contributed by atoms with van der Waals surface area (Å²) in [6, 6.07) is 0. The van der Waals surface area contributed by atoms with Crippen LogP contribution >= 0.6 is 11.6 Å². The van der Waals surface area contributed by atoms with Gasteiger partial charge < -0.3 is 9.47 Å². The van der Waals surface area contributed by atoms with Crippen molar-refractivity contribution in [1.82, 2.24) is 0 Å². The molecule has 58 valence electrons. The largest absolute Gasteiger partial charge is 0.411 e. The average Bonchev–Trinajstić information content (AvgIpc) is 1.82. The molecule has 10 heavy (non-hydrogen) atoms. The molecule has 4 nitrogen and oxygen atoms in total. The molecule has 0 heterocycles. The van der Waals surface area contributed by atoms with Crippen molar-refractivity contribution >= 4 is 23.0 Å². The Hall–Kier alpha value is -0.610. The molecule has 0 atom stereocenters. The molecule has 0 aliphatic carbocycles. The molecule has 0 aromatic rings. The summed E-state index contributed by atoms with van der Waals surface area (Å²) < 4.78 is 8.53. The van der Waals surface area contributed by atoms with Gasteiger partial charge in [0, 0.05) is 18.2 Å². The molecule has 0 aliphatic rings. The Morgan fingerprint density at radius 2 is 2.10 bits per heavy atom. The fourth-order valence-electron chi connectivity index (χ4n) is 0.304. The van der Waals surface area contributed by atoms with Crippen LogP contribution < -0.4 is 0 Å². The monoisotopic (exact) mass is 166 g/mol. The van der Waals surface area contributed by atoms with Crippen LogP contribution in [-0.2, 0) is 14.3 Å². The lowest BCUT2D eigenvalue weighted by atomic mass is 10.7. The SMILES string of the molecule is CCOCC(=O)OC(=O)Cl. The molecule has 0 unspecified atom stereocenters. The number of carbonyl (C=O) groups is 2. The van der Waals surface area contributed by atoms with E-state index in [4.69, 9.17) is 11.6 Å². The molecule has 0 saturated carbocycles. The Morgan fingerprint density at radius 3 is 2.50 bits per heavy atom. The van der Waals surface area contributed by atoms with Crippen LogP contribution in [0, 0.1) is 0 Å². The summed E-state index contributed by atoms with van der Waals surface area (Å²) in [6.07, 6.45) is 0. The lowest BCUT2D eigenvalue weighted by Gasteiger charge is -1.97. The molecule has 0 aliphatic heterocycles. The van der Waals surface area contributed by atoms with Crippen molar-refractivity contribution < 1.29 is 19.1 Å². The van der Waals surface area contributed by atoms with Crippen LogP contribution in [0.25, 0.3) is 0 Å². The number of carbonyl (C=O) groups excluding carboxylic acids is 2. The normalized spacial score (nSPS) is 9.00. The highest BCUT2D eigenvalue weighted by molar-refractivity contribution is 6.61. The predicted octanol–water partition coefficient (Wildman–Crippen LogP) is 0.925. The zero-order valence-electron chi connectivity index (χ0n) is 5.43. The molecule has 0 saturated heterocycles. The Kier molecular flexibility index (Phi) is 4.88. The van der Waals surface area contributed by atoms with E-state index in [-0.39, 0.29) is 6.61 Å². The number of esters is 1. The minimum Gasteiger partial charge on any atom is -0.379 e. The van der Waals surface area contributed by atoms with Gasteiger partial charge in [0.1, 0.15) is 6.61 Å². The highest BCUT2D eigenvalue weighted by Crippen LogP contribution is 1.88. The summed E-state index contributed by atoms with van der Waals surface area (Å²) in [7, 11) is 0. The minimum atomic E-state index is -1.13. The minimum absolute atomic E-state index is 0.241. The molecule has 0 aromatic carbocycles. The van der Waals surface area contributed by atoms with E-state index in [1.165, 1.54) is 0 Å². The second-order valence-electron chi connectivity index (χ2n) is 1.35. The first-order valence-corrected chi connectivity index (χ1v) is 3.02. The van der Waals surface area contributed by atoms with Gasteiger partial charge in [-0.1, -0.05) is 0 Å². The second kappa shape index (κ2) is 5.20. The van der Waals surface area contributed by atoms with E-state index in [2.05, 4.69) is 9.47 Å². The number of rotatable bonds is 3. The first-order chi connectivity index (χ1) is 4.66. The maximum absolute atomic E-state index is 10.4. The van der Waals surface area contributed by atoms with Gasteiger partial charge >= 0.3 is 11.4 Å². The highest BCUT2D eigenvalue weighted by Gasteiger charge is 2.05. The van der Waals surface area contributed by atoms with Crippen LogP contribution in [-0.4, -0.2) is 24.6 Å². The number of ether oxygens (including phenoxy) is 2. The number of hydrogen-bond donors (Lipinski definition) is 0. The third-order valence-electron chi connectivity index (χ3n) is 0.618. The van der Waals surface area contributed by atoms with Crippen molar-refractivity contribution in [3.8, 4) is 0 Å². The quantitative estimate of drug-likeness (QED) is 0.356. The summed E-state index contributed by atoms with van der Waals surface area (Å²) in [5.74, 6) is -0.776. The van der Waals surface area contributed by atoms with Gasteiger partial charge in [-0.2, -0.15) is 0 Å². The van der Waals surface area contributed by atoms with E-state index in [1.807, 2.05) is 0 Å². The van der Waals surface area contributed by atoms with Crippen molar-refractivity contribution in [2.24, 2.45) is 0 Å². The van der Waals surface area contributed by atoms with Crippen molar-refractivity contribution in [2.75, 3.05) is 13.2 Å². The van der Waals surface area contributed by atoms with Crippen molar-refractivity contribution in [1.29, 1.82) is 0 Å². The van der Waals surface area contributed by atoms with E-state index in [0.717, 1.165) is 0 Å². The number of halogens is 1. The number of hydrogen-bond acceptors (Lipinski definition) is 4. The van der Waals surface area contributed by atoms with Gasteiger partial charge in [0.2, 0.25) is 0 Å². The lowest BCUT2D eigenvalue weighted by molar-refractivity contribution is -0.141. The van der Waals surface area contributed by atoms with Crippen molar-refractivity contribution in [2.45, 2.75) is 6.92 Å². The molecule has 0 N–H and O–H groups in total. The van der Waals surface area contributed by atoms with Gasteiger partial charge in [-0.05, 0) is 6.92 Å². The molecule has 0 bridgehead atoms. The first kappa shape index (κ1) is 9.39. The van der Waals surface area contributed by atoms with E-state index in [0.29, 0.717) is 6.61 Å². The van der Waals surface area contributed by atoms with Crippen molar-refractivity contribution in [3.05, 3.63) is 0 Å². The summed E-state index contributed by atoms with van der Waals surface area (Å²) in [4.78, 5) is 20.2. The van der Waals surface area contributed by atoms with Gasteiger partial charge in [-0.15, -0.1) is 0 Å². The molecule has 0 amide bonds. The van der Waals surface area contributed by atoms with E-state index in [9.17, 15) is 9.59 Å². The van der Waals surface area contributed by atoms with Crippen LogP contribution in [0.1, 0.15) is 6.92 Å². The van der Waals surface area contributed by atoms with Gasteiger partial charge in [-0.25, -0.2) is 9.59 Å². The van der Waals surface area contributed by atoms with Gasteiger partial charge in [0.05, 0.1) is 0 Å². The fraction of sp³-hybridized carbons (Fsp3) is 0.600. The van der Waals surface area contributed by atoms with E-state index >= 15 is 0 Å². The van der Waals surface area contributed by atoms with Crippen LogP contribution in [0.15, 0.2) is 0 Å². The third-order valence-corrected chi connectivity index (χ3v) is 0.695. The van der Waals surface area contributed by atoms with Crippen molar-refractivity contribution in [3.63, 3.8) is 0 Å². The predicted molar refractivity (Wildman–Crippen MR) is 33.8 cm³/mol. The van der Waals surface area contributed by atoms with Gasteiger partial charge in [0.25, 0.3) is 0 Å².